The lowest BCUT2D eigenvalue weighted by molar-refractivity contribution is 0.411. The van der Waals surface area contributed by atoms with Crippen molar-refractivity contribution in [3.63, 3.8) is 0 Å². The summed E-state index contributed by atoms with van der Waals surface area (Å²) < 4.78 is 10.6. The molecule has 4 aromatic carbocycles. The van der Waals surface area contributed by atoms with Crippen LogP contribution >= 0.6 is 21.6 Å². The van der Waals surface area contributed by atoms with E-state index < -0.39 is 0 Å². The van der Waals surface area contributed by atoms with Crippen molar-refractivity contribution in [2.24, 2.45) is 0 Å². The maximum Gasteiger partial charge on any atom is 0.120 e. The smallest absolute Gasteiger partial charge is 0.120 e. The summed E-state index contributed by atoms with van der Waals surface area (Å²) in [6, 6.07) is 26.6. The Morgan fingerprint density at radius 3 is 1.44 bits per heavy atom. The van der Waals surface area contributed by atoms with Crippen molar-refractivity contribution >= 4 is 33.0 Å². The minimum Gasteiger partial charge on any atom is -0.508 e. The van der Waals surface area contributed by atoms with E-state index in [1.54, 1.807) is 60.1 Å². The maximum absolute atomic E-state index is 10.2. The molecule has 0 spiro atoms. The molecule has 0 aliphatic rings. The van der Waals surface area contributed by atoms with Crippen LogP contribution in [-0.4, -0.2) is 24.4 Å². The van der Waals surface area contributed by atoms with Crippen molar-refractivity contribution in [1.29, 1.82) is 0 Å². The summed E-state index contributed by atoms with van der Waals surface area (Å²) in [6.07, 6.45) is 0. The van der Waals surface area contributed by atoms with E-state index in [0.717, 1.165) is 32.3 Å². The molecular formula is C28H28N2O4S2. The van der Waals surface area contributed by atoms with Gasteiger partial charge >= 0.3 is 0 Å². The Labute approximate surface area is 219 Å². The molecule has 4 rings (SSSR count). The normalized spacial score (nSPS) is 10.6. The number of phenolic OH excluding ortho intramolecular Hbond substituents is 2. The second kappa shape index (κ2) is 12.4. The average molecular weight is 521 g/mol. The second-order valence-electron chi connectivity index (χ2n) is 7.86. The molecule has 0 radical (unpaired) electrons. The molecule has 8 heteroatoms. The van der Waals surface area contributed by atoms with Crippen molar-refractivity contribution in [2.45, 2.75) is 22.9 Å². The summed E-state index contributed by atoms with van der Waals surface area (Å²) in [5, 5.41) is 27.3. The molecule has 0 unspecified atom stereocenters. The number of methoxy groups -OCH3 is 2. The third-order valence-electron chi connectivity index (χ3n) is 5.51. The summed E-state index contributed by atoms with van der Waals surface area (Å²) in [7, 11) is 6.52. The molecule has 4 aromatic rings. The van der Waals surface area contributed by atoms with Crippen LogP contribution in [0.1, 0.15) is 11.1 Å². The third-order valence-corrected chi connectivity index (χ3v) is 7.99. The molecular weight excluding hydrogens is 492 g/mol. The second-order valence-corrected chi connectivity index (χ2v) is 10.1. The van der Waals surface area contributed by atoms with Crippen molar-refractivity contribution in [2.75, 3.05) is 24.9 Å². The Morgan fingerprint density at radius 2 is 1.03 bits per heavy atom. The van der Waals surface area contributed by atoms with Gasteiger partial charge in [0.1, 0.15) is 23.0 Å². The van der Waals surface area contributed by atoms with Gasteiger partial charge in [-0.1, -0.05) is 45.9 Å². The monoisotopic (exact) mass is 520 g/mol. The summed E-state index contributed by atoms with van der Waals surface area (Å²) >= 11 is 0. The zero-order valence-corrected chi connectivity index (χ0v) is 21.7. The standard InChI is InChI=1S/C28H28N2O4S2/c1-33-21-11-13-25(31)19(15-21)17-29-23-7-3-5-9-27(23)35-36-28-10-6-4-8-24(28)30-18-20-16-22(34-2)12-14-26(20)32/h3-16,29-32H,17-18H2,1-2H3. The number of rotatable bonds is 11. The van der Waals surface area contributed by atoms with Crippen LogP contribution in [0.3, 0.4) is 0 Å². The minimum atomic E-state index is 0.227. The highest BCUT2D eigenvalue weighted by Gasteiger charge is 2.10. The number of hydrogen-bond donors (Lipinski definition) is 4. The first kappa shape index (κ1) is 25.5. The molecule has 0 aromatic heterocycles. The lowest BCUT2D eigenvalue weighted by Gasteiger charge is -2.15. The third kappa shape index (κ3) is 6.53. The van der Waals surface area contributed by atoms with Crippen molar-refractivity contribution in [3.8, 4) is 23.0 Å². The average Bonchev–Trinajstić information content (AvgIpc) is 2.92. The molecule has 0 bridgehead atoms. The van der Waals surface area contributed by atoms with Crippen LogP contribution in [0.5, 0.6) is 23.0 Å². The van der Waals surface area contributed by atoms with Crippen molar-refractivity contribution < 1.29 is 19.7 Å². The number of ether oxygens (including phenoxy) is 2. The first-order valence-corrected chi connectivity index (χ1v) is 13.4. The molecule has 0 atom stereocenters. The first-order chi connectivity index (χ1) is 17.6. The van der Waals surface area contributed by atoms with E-state index in [2.05, 4.69) is 22.8 Å². The van der Waals surface area contributed by atoms with Gasteiger partial charge in [0, 0.05) is 45.4 Å². The number of para-hydroxylation sites is 2. The van der Waals surface area contributed by atoms with Crippen LogP contribution in [0.15, 0.2) is 94.7 Å². The van der Waals surface area contributed by atoms with Crippen molar-refractivity contribution in [1.82, 2.24) is 0 Å². The number of phenols is 2. The molecule has 0 aliphatic heterocycles. The van der Waals surface area contributed by atoms with Gasteiger partial charge in [-0.15, -0.1) is 0 Å². The fraction of sp³-hybridized carbons (Fsp3) is 0.143. The molecule has 0 amide bonds. The number of nitrogens with one attached hydrogen (secondary N) is 2. The fourth-order valence-electron chi connectivity index (χ4n) is 3.50. The van der Waals surface area contributed by atoms with E-state index in [1.165, 1.54) is 0 Å². The predicted molar refractivity (Wildman–Crippen MR) is 149 cm³/mol. The van der Waals surface area contributed by atoms with Gasteiger partial charge in [-0.05, 0) is 60.7 Å². The predicted octanol–water partition coefficient (Wildman–Crippen LogP) is 7.14. The van der Waals surface area contributed by atoms with Gasteiger partial charge in [0.25, 0.3) is 0 Å². The number of aromatic hydroxyl groups is 2. The molecule has 186 valence electrons. The Kier molecular flexibility index (Phi) is 8.76. The quantitative estimate of drug-likeness (QED) is 0.155. The molecule has 6 nitrogen and oxygen atoms in total. The summed E-state index contributed by atoms with van der Waals surface area (Å²) in [5.41, 5.74) is 3.47. The fourth-order valence-corrected chi connectivity index (χ4v) is 5.82. The van der Waals surface area contributed by atoms with Crippen LogP contribution in [-0.2, 0) is 13.1 Å². The van der Waals surface area contributed by atoms with Gasteiger partial charge in [0.15, 0.2) is 0 Å². The van der Waals surface area contributed by atoms with Crippen LogP contribution in [0, 0.1) is 0 Å². The van der Waals surface area contributed by atoms with Gasteiger partial charge in [-0.25, -0.2) is 0 Å². The summed E-state index contributed by atoms with van der Waals surface area (Å²) in [6.45, 7) is 0.931. The highest BCUT2D eigenvalue weighted by molar-refractivity contribution is 8.76. The minimum absolute atomic E-state index is 0.227. The lowest BCUT2D eigenvalue weighted by atomic mass is 10.2. The van der Waals surface area contributed by atoms with E-state index in [9.17, 15) is 10.2 Å². The van der Waals surface area contributed by atoms with E-state index in [-0.39, 0.29) is 11.5 Å². The number of benzene rings is 4. The van der Waals surface area contributed by atoms with Gasteiger partial charge in [-0.3, -0.25) is 0 Å². The van der Waals surface area contributed by atoms with Crippen LogP contribution < -0.4 is 20.1 Å². The van der Waals surface area contributed by atoms with Crippen LogP contribution in [0.25, 0.3) is 0 Å². The number of anilines is 2. The molecule has 4 N–H and O–H groups in total. The largest absolute Gasteiger partial charge is 0.508 e. The first-order valence-electron chi connectivity index (χ1n) is 11.3. The Bertz CT molecular complexity index is 1220. The Hall–Kier alpha value is -3.62. The topological polar surface area (TPSA) is 83.0 Å². The maximum atomic E-state index is 10.2. The van der Waals surface area contributed by atoms with E-state index in [4.69, 9.17) is 9.47 Å². The lowest BCUT2D eigenvalue weighted by Crippen LogP contribution is -2.01. The summed E-state index contributed by atoms with van der Waals surface area (Å²) in [5.74, 6) is 1.86. The summed E-state index contributed by atoms with van der Waals surface area (Å²) in [4.78, 5) is 2.15. The molecule has 0 aliphatic carbocycles. The molecule has 0 saturated carbocycles. The van der Waals surface area contributed by atoms with E-state index >= 15 is 0 Å². The molecule has 0 heterocycles. The SMILES string of the molecule is COc1ccc(O)c(CNc2ccccc2SSc2ccccc2NCc2cc(OC)ccc2O)c1. The van der Waals surface area contributed by atoms with Crippen LogP contribution in [0.4, 0.5) is 11.4 Å². The highest BCUT2D eigenvalue weighted by atomic mass is 33.1. The Balaban J connectivity index is 1.43. The zero-order valence-electron chi connectivity index (χ0n) is 20.0. The van der Waals surface area contributed by atoms with Gasteiger partial charge in [-0.2, -0.15) is 0 Å². The van der Waals surface area contributed by atoms with E-state index in [0.29, 0.717) is 24.6 Å². The van der Waals surface area contributed by atoms with E-state index in [1.807, 2.05) is 48.5 Å². The molecule has 36 heavy (non-hydrogen) atoms. The van der Waals surface area contributed by atoms with Gasteiger partial charge in [0.05, 0.1) is 14.2 Å². The Morgan fingerprint density at radius 1 is 0.611 bits per heavy atom. The zero-order chi connectivity index (χ0) is 25.3. The van der Waals surface area contributed by atoms with Crippen LogP contribution in [0.2, 0.25) is 0 Å². The van der Waals surface area contributed by atoms with Gasteiger partial charge in [0.2, 0.25) is 0 Å². The highest BCUT2D eigenvalue weighted by Crippen LogP contribution is 2.43. The number of hydrogen-bond acceptors (Lipinski definition) is 8. The molecule has 0 saturated heterocycles. The van der Waals surface area contributed by atoms with Crippen molar-refractivity contribution in [3.05, 3.63) is 96.1 Å². The van der Waals surface area contributed by atoms with Gasteiger partial charge < -0.3 is 30.3 Å². The molecule has 0 fully saturated rings.